The van der Waals surface area contributed by atoms with Crippen LogP contribution in [-0.2, 0) is 0 Å². The topological polar surface area (TPSA) is 40.5 Å². The lowest BCUT2D eigenvalue weighted by Gasteiger charge is -2.27. The second-order valence-electron chi connectivity index (χ2n) is 4.27. The van der Waals surface area contributed by atoms with E-state index in [1.807, 2.05) is 0 Å². The summed E-state index contributed by atoms with van der Waals surface area (Å²) < 4.78 is 37.4. The van der Waals surface area contributed by atoms with Crippen LogP contribution in [0.1, 0.15) is 28.4 Å². The zero-order chi connectivity index (χ0) is 15.3. The number of thiophene rings is 1. The maximum absolute atomic E-state index is 12.5. The maximum atomic E-state index is 12.5. The summed E-state index contributed by atoms with van der Waals surface area (Å²) in [4.78, 5) is 13.6. The van der Waals surface area contributed by atoms with Crippen LogP contribution >= 0.6 is 11.3 Å². The van der Waals surface area contributed by atoms with E-state index in [1.54, 1.807) is 6.07 Å². The Labute approximate surface area is 119 Å². The van der Waals surface area contributed by atoms with Gasteiger partial charge in [0.15, 0.2) is 0 Å². The molecule has 0 aromatic carbocycles. The van der Waals surface area contributed by atoms with E-state index in [-0.39, 0.29) is 11.5 Å². The zero-order valence-electron chi connectivity index (χ0n) is 11.0. The summed E-state index contributed by atoms with van der Waals surface area (Å²) in [5.74, 6) is 4.36. The number of hydrogen-bond acceptors (Lipinski definition) is 3. The first-order valence-corrected chi connectivity index (χ1v) is 6.63. The molecule has 1 rings (SSSR count). The summed E-state index contributed by atoms with van der Waals surface area (Å²) in [7, 11) is 0. The highest BCUT2D eigenvalue weighted by Crippen LogP contribution is 2.23. The Bertz CT molecular complexity index is 526. The summed E-state index contributed by atoms with van der Waals surface area (Å²) >= 11 is 1.01. The van der Waals surface area contributed by atoms with E-state index in [0.717, 1.165) is 16.2 Å². The summed E-state index contributed by atoms with van der Waals surface area (Å²) in [6.45, 7) is 1.47. The van der Waals surface area contributed by atoms with Crippen molar-refractivity contribution < 1.29 is 23.1 Å². The molecule has 0 radical (unpaired) electrons. The van der Waals surface area contributed by atoms with Gasteiger partial charge >= 0.3 is 6.18 Å². The highest BCUT2D eigenvalue weighted by molar-refractivity contribution is 7.14. The second-order valence-corrected chi connectivity index (χ2v) is 5.35. The van der Waals surface area contributed by atoms with E-state index in [0.29, 0.717) is 4.88 Å². The van der Waals surface area contributed by atoms with Crippen LogP contribution in [0.2, 0.25) is 0 Å². The Morgan fingerprint density at radius 1 is 1.45 bits per heavy atom. The van der Waals surface area contributed by atoms with Gasteiger partial charge in [0, 0.05) is 6.04 Å². The molecule has 0 fully saturated rings. The first-order valence-electron chi connectivity index (χ1n) is 5.82. The number of hydrogen-bond donors (Lipinski definition) is 1. The molecule has 20 heavy (non-hydrogen) atoms. The molecule has 1 heterocycles. The molecule has 1 aromatic heterocycles. The first kappa shape index (κ1) is 16.5. The van der Waals surface area contributed by atoms with Crippen molar-refractivity contribution in [1.29, 1.82) is 0 Å². The SMILES string of the molecule is CC(C)N(CC(F)(F)F)C(=O)c1ccc(C#CCO)s1. The fourth-order valence-electron chi connectivity index (χ4n) is 1.47. The number of carbonyl (C=O) groups is 1. The van der Waals surface area contributed by atoms with Crippen molar-refractivity contribution >= 4 is 17.2 Å². The lowest BCUT2D eigenvalue weighted by molar-refractivity contribution is -0.143. The molecule has 1 N–H and O–H groups in total. The summed E-state index contributed by atoms with van der Waals surface area (Å²) in [5, 5.41) is 8.56. The van der Waals surface area contributed by atoms with Gasteiger partial charge < -0.3 is 10.0 Å². The zero-order valence-corrected chi connectivity index (χ0v) is 11.8. The third kappa shape index (κ3) is 4.87. The standard InChI is InChI=1S/C13H14F3NO2S/c1-9(2)17(8-13(14,15)16)12(19)11-6-5-10(20-11)4-3-7-18/h5-6,9,18H,7-8H2,1-2H3. The van der Waals surface area contributed by atoms with Crippen LogP contribution in [0.3, 0.4) is 0 Å². The van der Waals surface area contributed by atoms with Gasteiger partial charge in [0.1, 0.15) is 13.2 Å². The Morgan fingerprint density at radius 3 is 2.60 bits per heavy atom. The molecule has 7 heteroatoms. The van der Waals surface area contributed by atoms with Gasteiger partial charge in [-0.15, -0.1) is 11.3 Å². The van der Waals surface area contributed by atoms with Gasteiger partial charge in [0.25, 0.3) is 5.91 Å². The molecule has 0 bridgehead atoms. The van der Waals surface area contributed by atoms with Crippen molar-refractivity contribution in [2.24, 2.45) is 0 Å². The Balaban J connectivity index is 2.92. The van der Waals surface area contributed by atoms with Gasteiger partial charge in [-0.05, 0) is 26.0 Å². The molecule has 1 amide bonds. The number of aliphatic hydroxyl groups is 1. The van der Waals surface area contributed by atoms with Crippen molar-refractivity contribution in [2.45, 2.75) is 26.1 Å². The predicted molar refractivity (Wildman–Crippen MR) is 70.5 cm³/mol. The van der Waals surface area contributed by atoms with Gasteiger partial charge in [-0.3, -0.25) is 4.79 Å². The number of rotatable bonds is 3. The molecular weight excluding hydrogens is 291 g/mol. The number of alkyl halides is 3. The van der Waals surface area contributed by atoms with Crippen molar-refractivity contribution in [1.82, 2.24) is 4.90 Å². The molecule has 3 nitrogen and oxygen atoms in total. The normalized spacial score (nSPS) is 11.2. The minimum Gasteiger partial charge on any atom is -0.384 e. The molecule has 0 aliphatic heterocycles. The van der Waals surface area contributed by atoms with Gasteiger partial charge in [-0.25, -0.2) is 0 Å². The predicted octanol–water partition coefficient (Wildman–Crippen LogP) is 2.50. The lowest BCUT2D eigenvalue weighted by Crippen LogP contribution is -2.43. The van der Waals surface area contributed by atoms with Crippen LogP contribution in [0.15, 0.2) is 12.1 Å². The molecule has 0 saturated heterocycles. The second kappa shape index (κ2) is 6.77. The van der Waals surface area contributed by atoms with Crippen LogP contribution in [0.5, 0.6) is 0 Å². The molecule has 0 atom stereocenters. The molecule has 0 spiro atoms. The summed E-state index contributed by atoms with van der Waals surface area (Å²) in [6.07, 6.45) is -4.43. The van der Waals surface area contributed by atoms with Crippen LogP contribution in [0.4, 0.5) is 13.2 Å². The smallest absolute Gasteiger partial charge is 0.384 e. The van der Waals surface area contributed by atoms with E-state index in [1.165, 1.54) is 19.9 Å². The van der Waals surface area contributed by atoms with E-state index in [9.17, 15) is 18.0 Å². The fraction of sp³-hybridized carbons (Fsp3) is 0.462. The maximum Gasteiger partial charge on any atom is 0.406 e. The van der Waals surface area contributed by atoms with E-state index < -0.39 is 24.7 Å². The van der Waals surface area contributed by atoms with Gasteiger partial charge in [-0.2, -0.15) is 13.2 Å². The van der Waals surface area contributed by atoms with E-state index in [2.05, 4.69) is 11.8 Å². The number of halogens is 3. The summed E-state index contributed by atoms with van der Waals surface area (Å²) in [6, 6.07) is 2.44. The van der Waals surface area contributed by atoms with E-state index >= 15 is 0 Å². The minimum absolute atomic E-state index is 0.199. The Hall–Kier alpha value is -1.52. The van der Waals surface area contributed by atoms with Crippen LogP contribution in [-0.4, -0.2) is 41.3 Å². The number of amides is 1. The first-order chi connectivity index (χ1) is 9.24. The molecule has 0 aliphatic carbocycles. The van der Waals surface area contributed by atoms with Gasteiger partial charge in [0.2, 0.25) is 0 Å². The highest BCUT2D eigenvalue weighted by atomic mass is 32.1. The number of nitrogens with zero attached hydrogens (tertiary/aromatic N) is 1. The minimum atomic E-state index is -4.43. The van der Waals surface area contributed by atoms with E-state index in [4.69, 9.17) is 5.11 Å². The Morgan fingerprint density at radius 2 is 2.10 bits per heavy atom. The largest absolute Gasteiger partial charge is 0.406 e. The van der Waals surface area contributed by atoms with Crippen molar-refractivity contribution in [3.8, 4) is 11.8 Å². The van der Waals surface area contributed by atoms with Crippen molar-refractivity contribution in [3.63, 3.8) is 0 Å². The fourth-order valence-corrected chi connectivity index (χ4v) is 2.31. The van der Waals surface area contributed by atoms with Gasteiger partial charge in [0.05, 0.1) is 9.75 Å². The van der Waals surface area contributed by atoms with Crippen LogP contribution in [0, 0.1) is 11.8 Å². The molecule has 0 saturated carbocycles. The average molecular weight is 305 g/mol. The lowest BCUT2D eigenvalue weighted by atomic mass is 10.3. The highest BCUT2D eigenvalue weighted by Gasteiger charge is 2.34. The monoisotopic (exact) mass is 305 g/mol. The third-order valence-electron chi connectivity index (χ3n) is 2.34. The van der Waals surface area contributed by atoms with Crippen molar-refractivity contribution in [2.75, 3.05) is 13.2 Å². The molecule has 110 valence electrons. The van der Waals surface area contributed by atoms with Gasteiger partial charge in [-0.1, -0.05) is 11.8 Å². The molecule has 0 aliphatic rings. The molecule has 0 unspecified atom stereocenters. The van der Waals surface area contributed by atoms with Crippen molar-refractivity contribution in [3.05, 3.63) is 21.9 Å². The number of carbonyl (C=O) groups excluding carboxylic acids is 1. The average Bonchev–Trinajstić information content (AvgIpc) is 2.80. The number of aliphatic hydroxyl groups excluding tert-OH is 1. The quantitative estimate of drug-likeness (QED) is 0.872. The molecule has 1 aromatic rings. The van der Waals surface area contributed by atoms with Crippen LogP contribution in [0.25, 0.3) is 0 Å². The molecular formula is C13H14F3NO2S. The third-order valence-corrected chi connectivity index (χ3v) is 3.33. The summed E-state index contributed by atoms with van der Waals surface area (Å²) in [5.41, 5.74) is 0. The van der Waals surface area contributed by atoms with Crippen LogP contribution < -0.4 is 0 Å². The Kier molecular flexibility index (Phi) is 5.60.